The van der Waals surface area contributed by atoms with Gasteiger partial charge in [0.2, 0.25) is 5.91 Å². The molecule has 1 saturated heterocycles. The molecule has 1 amide bonds. The molecule has 0 spiro atoms. The Morgan fingerprint density at radius 2 is 1.81 bits per heavy atom. The summed E-state index contributed by atoms with van der Waals surface area (Å²) in [5, 5.41) is 9.62. The van der Waals surface area contributed by atoms with Gasteiger partial charge < -0.3 is 10.0 Å². The van der Waals surface area contributed by atoms with Crippen LogP contribution in [0.15, 0.2) is 18.2 Å². The van der Waals surface area contributed by atoms with E-state index in [0.717, 1.165) is 29.5 Å². The largest absolute Gasteiger partial charge is 0.481 e. The standard InChI is InChI=1S/C17H21NO3/c1-10-4-3-5-11(2)15(10)16-13(17(20)21)8-9-14(19)18(16)12-6-7-12/h3-5,12-13,16H,6-9H2,1-2H3,(H,20,21). The molecule has 4 heteroatoms. The predicted octanol–water partition coefficient (Wildman–Crippen LogP) is 2.83. The number of likely N-dealkylation sites (tertiary alicyclic amines) is 1. The highest BCUT2D eigenvalue weighted by molar-refractivity contribution is 5.82. The molecule has 112 valence electrons. The quantitative estimate of drug-likeness (QED) is 0.930. The van der Waals surface area contributed by atoms with Gasteiger partial charge in [-0.3, -0.25) is 9.59 Å². The Bertz CT molecular complexity index is 571. The van der Waals surface area contributed by atoms with Crippen molar-refractivity contribution in [2.45, 2.75) is 51.6 Å². The average Bonchev–Trinajstić information content (AvgIpc) is 3.22. The van der Waals surface area contributed by atoms with E-state index < -0.39 is 11.9 Å². The molecule has 1 heterocycles. The number of carboxylic acids is 1. The van der Waals surface area contributed by atoms with Gasteiger partial charge in [0.15, 0.2) is 0 Å². The average molecular weight is 287 g/mol. The zero-order valence-electron chi connectivity index (χ0n) is 12.5. The van der Waals surface area contributed by atoms with Crippen molar-refractivity contribution in [1.82, 2.24) is 4.90 Å². The molecule has 2 atom stereocenters. The molecule has 0 aromatic heterocycles. The van der Waals surface area contributed by atoms with Gasteiger partial charge in [-0.25, -0.2) is 0 Å². The van der Waals surface area contributed by atoms with Crippen LogP contribution in [0.25, 0.3) is 0 Å². The highest BCUT2D eigenvalue weighted by Gasteiger charge is 2.47. The Morgan fingerprint density at radius 3 is 2.33 bits per heavy atom. The van der Waals surface area contributed by atoms with Gasteiger partial charge >= 0.3 is 5.97 Å². The lowest BCUT2D eigenvalue weighted by Crippen LogP contribution is -2.47. The van der Waals surface area contributed by atoms with E-state index >= 15 is 0 Å². The summed E-state index contributed by atoms with van der Waals surface area (Å²) in [5.41, 5.74) is 3.18. The third-order valence-corrected chi connectivity index (χ3v) is 4.73. The maximum atomic E-state index is 12.4. The van der Waals surface area contributed by atoms with E-state index in [9.17, 15) is 14.7 Å². The molecule has 1 N–H and O–H groups in total. The first-order valence-corrected chi connectivity index (χ1v) is 7.60. The van der Waals surface area contributed by atoms with Crippen molar-refractivity contribution in [3.05, 3.63) is 34.9 Å². The number of hydrogen-bond donors (Lipinski definition) is 1. The minimum atomic E-state index is -0.791. The van der Waals surface area contributed by atoms with Crippen LogP contribution in [-0.4, -0.2) is 27.9 Å². The second-order valence-electron chi connectivity index (χ2n) is 6.27. The van der Waals surface area contributed by atoms with Gasteiger partial charge in [0.25, 0.3) is 0 Å². The van der Waals surface area contributed by atoms with Gasteiger partial charge in [0, 0.05) is 12.5 Å². The van der Waals surface area contributed by atoms with Gasteiger partial charge in [-0.15, -0.1) is 0 Å². The van der Waals surface area contributed by atoms with Gasteiger partial charge in [-0.2, -0.15) is 0 Å². The van der Waals surface area contributed by atoms with Crippen LogP contribution < -0.4 is 0 Å². The van der Waals surface area contributed by atoms with E-state index in [1.54, 1.807) is 0 Å². The minimum Gasteiger partial charge on any atom is -0.481 e. The van der Waals surface area contributed by atoms with Gasteiger partial charge in [0.05, 0.1) is 12.0 Å². The molecule has 2 fully saturated rings. The summed E-state index contributed by atoms with van der Waals surface area (Å²) in [6, 6.07) is 5.92. The van der Waals surface area contributed by atoms with E-state index in [1.165, 1.54) is 0 Å². The van der Waals surface area contributed by atoms with E-state index in [4.69, 9.17) is 0 Å². The van der Waals surface area contributed by atoms with Crippen LogP contribution in [0.4, 0.5) is 0 Å². The molecule has 1 aliphatic heterocycles. The number of aliphatic carboxylic acids is 1. The van der Waals surface area contributed by atoms with Crippen molar-refractivity contribution >= 4 is 11.9 Å². The SMILES string of the molecule is Cc1cccc(C)c1C1C(C(=O)O)CCC(=O)N1C1CC1. The summed E-state index contributed by atoms with van der Waals surface area (Å²) < 4.78 is 0. The van der Waals surface area contributed by atoms with E-state index in [2.05, 4.69) is 0 Å². The van der Waals surface area contributed by atoms with Crippen molar-refractivity contribution in [2.75, 3.05) is 0 Å². The third kappa shape index (κ3) is 2.43. The molecule has 21 heavy (non-hydrogen) atoms. The predicted molar refractivity (Wildman–Crippen MR) is 78.9 cm³/mol. The van der Waals surface area contributed by atoms with Crippen LogP contribution in [-0.2, 0) is 9.59 Å². The number of carbonyl (C=O) groups excluding carboxylic acids is 1. The zero-order valence-corrected chi connectivity index (χ0v) is 12.5. The number of nitrogens with zero attached hydrogens (tertiary/aromatic N) is 1. The second-order valence-corrected chi connectivity index (χ2v) is 6.27. The second kappa shape index (κ2) is 5.17. The Labute approximate surface area is 124 Å². The monoisotopic (exact) mass is 287 g/mol. The first-order valence-electron chi connectivity index (χ1n) is 7.60. The summed E-state index contributed by atoms with van der Waals surface area (Å²) in [6.45, 7) is 4.01. The van der Waals surface area contributed by atoms with Crippen LogP contribution in [0.3, 0.4) is 0 Å². The first-order chi connectivity index (χ1) is 10.0. The van der Waals surface area contributed by atoms with Gasteiger partial charge in [-0.05, 0) is 49.8 Å². The number of carbonyl (C=O) groups is 2. The summed E-state index contributed by atoms with van der Waals surface area (Å²) in [6.07, 6.45) is 2.80. The zero-order chi connectivity index (χ0) is 15.1. The van der Waals surface area contributed by atoms with E-state index in [0.29, 0.717) is 12.8 Å². The number of carboxylic acid groups (broad SMARTS) is 1. The van der Waals surface area contributed by atoms with Crippen molar-refractivity contribution in [3.8, 4) is 0 Å². The van der Waals surface area contributed by atoms with E-state index in [-0.39, 0.29) is 18.0 Å². The summed E-state index contributed by atoms with van der Waals surface area (Å²) in [7, 11) is 0. The molecule has 4 nitrogen and oxygen atoms in total. The molecule has 0 bridgehead atoms. The topological polar surface area (TPSA) is 57.6 Å². The number of rotatable bonds is 3. The molecule has 1 aromatic rings. The molecule has 2 aliphatic rings. The third-order valence-electron chi connectivity index (χ3n) is 4.73. The van der Waals surface area contributed by atoms with Crippen LogP contribution in [0, 0.1) is 19.8 Å². The molecule has 1 aromatic carbocycles. The maximum Gasteiger partial charge on any atom is 0.308 e. The van der Waals surface area contributed by atoms with Crippen LogP contribution in [0.2, 0.25) is 0 Å². The summed E-state index contributed by atoms with van der Waals surface area (Å²) in [4.78, 5) is 26.0. The fourth-order valence-electron chi connectivity index (χ4n) is 3.59. The Morgan fingerprint density at radius 1 is 1.19 bits per heavy atom. The number of piperidine rings is 1. The molecule has 3 rings (SSSR count). The highest BCUT2D eigenvalue weighted by atomic mass is 16.4. The lowest BCUT2D eigenvalue weighted by Gasteiger charge is -2.41. The highest BCUT2D eigenvalue weighted by Crippen LogP contribution is 2.45. The normalized spacial score (nSPS) is 26.0. The maximum absolute atomic E-state index is 12.4. The number of amides is 1. The smallest absolute Gasteiger partial charge is 0.308 e. The molecule has 1 saturated carbocycles. The Hall–Kier alpha value is -1.84. The molecule has 2 unspecified atom stereocenters. The lowest BCUT2D eigenvalue weighted by molar-refractivity contribution is -0.152. The van der Waals surface area contributed by atoms with Gasteiger partial charge in [0.1, 0.15) is 0 Å². The molecular formula is C17H21NO3. The molecule has 1 aliphatic carbocycles. The van der Waals surface area contributed by atoms with Crippen molar-refractivity contribution < 1.29 is 14.7 Å². The Balaban J connectivity index is 2.11. The van der Waals surface area contributed by atoms with Crippen molar-refractivity contribution in [2.24, 2.45) is 5.92 Å². The number of aryl methyl sites for hydroxylation is 2. The van der Waals surface area contributed by atoms with Gasteiger partial charge in [-0.1, -0.05) is 18.2 Å². The van der Waals surface area contributed by atoms with Crippen molar-refractivity contribution in [3.63, 3.8) is 0 Å². The minimum absolute atomic E-state index is 0.114. The Kier molecular flexibility index (Phi) is 3.47. The van der Waals surface area contributed by atoms with Crippen molar-refractivity contribution in [1.29, 1.82) is 0 Å². The summed E-state index contributed by atoms with van der Waals surface area (Å²) in [5.74, 6) is -1.17. The molecule has 0 radical (unpaired) electrons. The first kappa shape index (κ1) is 14.1. The van der Waals surface area contributed by atoms with Crippen LogP contribution >= 0.6 is 0 Å². The molecular weight excluding hydrogens is 266 g/mol. The number of hydrogen-bond acceptors (Lipinski definition) is 2. The van der Waals surface area contributed by atoms with Crippen LogP contribution in [0.5, 0.6) is 0 Å². The van der Waals surface area contributed by atoms with E-state index in [1.807, 2.05) is 36.9 Å². The lowest BCUT2D eigenvalue weighted by atomic mass is 9.81. The fraction of sp³-hybridized carbons (Fsp3) is 0.529. The van der Waals surface area contributed by atoms with Crippen LogP contribution in [0.1, 0.15) is 48.4 Å². The fourth-order valence-corrected chi connectivity index (χ4v) is 3.59. The summed E-state index contributed by atoms with van der Waals surface area (Å²) >= 11 is 0. The number of benzene rings is 1.